The van der Waals surface area contributed by atoms with Crippen molar-refractivity contribution in [1.82, 2.24) is 10.2 Å². The number of hydrogen-bond acceptors (Lipinski definition) is 3. The molecule has 24 heavy (non-hydrogen) atoms. The molecule has 134 valence electrons. The molecule has 3 rings (SSSR count). The van der Waals surface area contributed by atoms with Gasteiger partial charge in [0, 0.05) is 25.2 Å². The van der Waals surface area contributed by atoms with E-state index in [1.54, 1.807) is 12.1 Å². The van der Waals surface area contributed by atoms with Gasteiger partial charge in [-0.15, -0.1) is 0 Å². The minimum absolute atomic E-state index is 0.158. The van der Waals surface area contributed by atoms with E-state index >= 15 is 0 Å². The summed E-state index contributed by atoms with van der Waals surface area (Å²) in [5.41, 5.74) is 1.21. The number of piperidine rings is 1. The molecule has 0 bridgehead atoms. The van der Waals surface area contributed by atoms with Gasteiger partial charge in [-0.1, -0.05) is 25.0 Å². The number of benzene rings is 1. The van der Waals surface area contributed by atoms with Crippen LogP contribution >= 0.6 is 0 Å². The number of aliphatic hydroxyl groups is 1. The summed E-state index contributed by atoms with van der Waals surface area (Å²) < 4.78 is 12.9. The van der Waals surface area contributed by atoms with Crippen molar-refractivity contribution in [3.8, 4) is 0 Å². The maximum Gasteiger partial charge on any atom is 0.123 e. The van der Waals surface area contributed by atoms with Gasteiger partial charge in [0.05, 0.1) is 0 Å². The van der Waals surface area contributed by atoms with Crippen LogP contribution < -0.4 is 5.32 Å². The Balaban J connectivity index is 1.38. The first-order valence-electron chi connectivity index (χ1n) is 9.58. The molecule has 2 fully saturated rings. The molecule has 2 atom stereocenters. The third kappa shape index (κ3) is 5.01. The van der Waals surface area contributed by atoms with Crippen LogP contribution in [0.5, 0.6) is 0 Å². The molecule has 1 aliphatic carbocycles. The Bertz CT molecular complexity index is 485. The van der Waals surface area contributed by atoms with E-state index < -0.39 is 0 Å². The van der Waals surface area contributed by atoms with Crippen molar-refractivity contribution in [3.05, 3.63) is 35.6 Å². The summed E-state index contributed by atoms with van der Waals surface area (Å²) in [6, 6.07) is 7.99. The van der Waals surface area contributed by atoms with Gasteiger partial charge in [-0.05, 0) is 68.8 Å². The Labute approximate surface area is 145 Å². The van der Waals surface area contributed by atoms with E-state index in [9.17, 15) is 9.50 Å². The highest BCUT2D eigenvalue weighted by Crippen LogP contribution is 2.25. The smallest absolute Gasteiger partial charge is 0.123 e. The fourth-order valence-electron chi connectivity index (χ4n) is 4.21. The molecule has 2 N–H and O–H groups in total. The number of aliphatic hydroxyl groups excluding tert-OH is 1. The summed E-state index contributed by atoms with van der Waals surface area (Å²) in [5.74, 6) is 0.296. The minimum Gasteiger partial charge on any atom is -0.396 e. The van der Waals surface area contributed by atoms with Gasteiger partial charge in [0.15, 0.2) is 0 Å². The molecule has 1 aromatic rings. The Hall–Kier alpha value is -0.970. The largest absolute Gasteiger partial charge is 0.396 e. The number of nitrogens with one attached hydrogen (secondary N) is 1. The van der Waals surface area contributed by atoms with E-state index in [4.69, 9.17) is 0 Å². The Morgan fingerprint density at radius 3 is 2.46 bits per heavy atom. The molecule has 0 aromatic heterocycles. The fraction of sp³-hybridized carbons (Fsp3) is 0.700. The SMILES string of the molecule is OCC1CCCCC1NC1CCN(CCc2ccc(F)cc2)CC1. The molecule has 1 saturated heterocycles. The molecular weight excluding hydrogens is 303 g/mol. The third-order valence-corrected chi connectivity index (χ3v) is 5.81. The second-order valence-electron chi connectivity index (χ2n) is 7.49. The van der Waals surface area contributed by atoms with Crippen molar-refractivity contribution < 1.29 is 9.50 Å². The van der Waals surface area contributed by atoms with Crippen molar-refractivity contribution in [2.45, 2.75) is 57.0 Å². The molecule has 2 unspecified atom stereocenters. The summed E-state index contributed by atoms with van der Waals surface area (Å²) >= 11 is 0. The van der Waals surface area contributed by atoms with Crippen LogP contribution in [0.2, 0.25) is 0 Å². The molecule has 4 heteroatoms. The van der Waals surface area contributed by atoms with Gasteiger partial charge < -0.3 is 15.3 Å². The lowest BCUT2D eigenvalue weighted by Gasteiger charge is -2.38. The number of rotatable bonds is 6. The highest BCUT2D eigenvalue weighted by atomic mass is 19.1. The van der Waals surface area contributed by atoms with Crippen LogP contribution in [0.4, 0.5) is 4.39 Å². The summed E-state index contributed by atoms with van der Waals surface area (Å²) in [7, 11) is 0. The lowest BCUT2D eigenvalue weighted by molar-refractivity contribution is 0.128. The molecule has 1 aromatic carbocycles. The second kappa shape index (κ2) is 8.93. The maximum atomic E-state index is 12.9. The third-order valence-electron chi connectivity index (χ3n) is 5.81. The summed E-state index contributed by atoms with van der Waals surface area (Å²) in [5, 5.41) is 13.4. The number of hydrogen-bond donors (Lipinski definition) is 2. The average molecular weight is 334 g/mol. The van der Waals surface area contributed by atoms with Gasteiger partial charge in [-0.25, -0.2) is 4.39 Å². The van der Waals surface area contributed by atoms with Crippen LogP contribution in [-0.2, 0) is 6.42 Å². The first-order valence-corrected chi connectivity index (χ1v) is 9.58. The predicted molar refractivity (Wildman–Crippen MR) is 95.5 cm³/mol. The van der Waals surface area contributed by atoms with E-state index in [1.807, 2.05) is 12.1 Å². The van der Waals surface area contributed by atoms with Crippen LogP contribution in [0.15, 0.2) is 24.3 Å². The van der Waals surface area contributed by atoms with E-state index in [-0.39, 0.29) is 5.82 Å². The molecule has 1 aliphatic heterocycles. The van der Waals surface area contributed by atoms with Crippen LogP contribution in [-0.4, -0.2) is 48.3 Å². The quantitative estimate of drug-likeness (QED) is 0.839. The van der Waals surface area contributed by atoms with Crippen molar-refractivity contribution >= 4 is 0 Å². The summed E-state index contributed by atoms with van der Waals surface area (Å²) in [6.07, 6.45) is 8.33. The van der Waals surface area contributed by atoms with Crippen LogP contribution in [0, 0.1) is 11.7 Å². The van der Waals surface area contributed by atoms with Gasteiger partial charge in [-0.2, -0.15) is 0 Å². The fourth-order valence-corrected chi connectivity index (χ4v) is 4.21. The van der Waals surface area contributed by atoms with Gasteiger partial charge in [0.25, 0.3) is 0 Å². The number of halogens is 1. The maximum absolute atomic E-state index is 12.9. The highest BCUT2D eigenvalue weighted by molar-refractivity contribution is 5.16. The normalized spacial score (nSPS) is 26.6. The molecule has 1 saturated carbocycles. The predicted octanol–water partition coefficient (Wildman–Crippen LogP) is 2.97. The first kappa shape index (κ1) is 17.8. The van der Waals surface area contributed by atoms with E-state index in [0.717, 1.165) is 26.1 Å². The van der Waals surface area contributed by atoms with Crippen molar-refractivity contribution in [3.63, 3.8) is 0 Å². The monoisotopic (exact) mass is 334 g/mol. The Morgan fingerprint density at radius 1 is 1.04 bits per heavy atom. The zero-order valence-electron chi connectivity index (χ0n) is 14.6. The zero-order valence-corrected chi connectivity index (χ0v) is 14.6. The second-order valence-corrected chi connectivity index (χ2v) is 7.49. The molecule has 0 amide bonds. The van der Waals surface area contributed by atoms with Crippen LogP contribution in [0.3, 0.4) is 0 Å². The molecular formula is C20H31FN2O. The Morgan fingerprint density at radius 2 is 1.75 bits per heavy atom. The standard InChI is InChI=1S/C20H31FN2O/c21-18-7-5-16(6-8-18)9-12-23-13-10-19(11-14-23)22-20-4-2-1-3-17(20)15-24/h5-8,17,19-20,22,24H,1-4,9-15H2. The van der Waals surface area contributed by atoms with Gasteiger partial charge >= 0.3 is 0 Å². The topological polar surface area (TPSA) is 35.5 Å². The van der Waals surface area contributed by atoms with Gasteiger partial charge in [0.1, 0.15) is 5.82 Å². The van der Waals surface area contributed by atoms with Crippen molar-refractivity contribution in [2.24, 2.45) is 5.92 Å². The first-order chi connectivity index (χ1) is 11.7. The molecule has 3 nitrogen and oxygen atoms in total. The Kier molecular flexibility index (Phi) is 6.64. The minimum atomic E-state index is -0.158. The molecule has 1 heterocycles. The highest BCUT2D eigenvalue weighted by Gasteiger charge is 2.28. The lowest BCUT2D eigenvalue weighted by atomic mass is 9.84. The van der Waals surface area contributed by atoms with Crippen LogP contribution in [0.25, 0.3) is 0 Å². The molecule has 2 aliphatic rings. The lowest BCUT2D eigenvalue weighted by Crippen LogP contribution is -2.50. The van der Waals surface area contributed by atoms with Crippen molar-refractivity contribution in [1.29, 1.82) is 0 Å². The van der Waals surface area contributed by atoms with Crippen LogP contribution in [0.1, 0.15) is 44.1 Å². The summed E-state index contributed by atoms with van der Waals surface area (Å²) in [6.45, 7) is 3.65. The number of likely N-dealkylation sites (tertiary alicyclic amines) is 1. The molecule has 0 radical (unpaired) electrons. The van der Waals surface area contributed by atoms with E-state index in [2.05, 4.69) is 10.2 Å². The molecule has 0 spiro atoms. The van der Waals surface area contributed by atoms with E-state index in [1.165, 1.54) is 44.1 Å². The van der Waals surface area contributed by atoms with Gasteiger partial charge in [0.2, 0.25) is 0 Å². The van der Waals surface area contributed by atoms with Gasteiger partial charge in [-0.3, -0.25) is 0 Å². The zero-order chi connectivity index (χ0) is 16.8. The number of nitrogens with zero attached hydrogens (tertiary/aromatic N) is 1. The van der Waals surface area contributed by atoms with Crippen molar-refractivity contribution in [2.75, 3.05) is 26.2 Å². The summed E-state index contributed by atoms with van der Waals surface area (Å²) in [4.78, 5) is 2.52. The van der Waals surface area contributed by atoms with E-state index in [0.29, 0.717) is 24.6 Å². The average Bonchev–Trinajstić information content (AvgIpc) is 2.63.